The van der Waals surface area contributed by atoms with Gasteiger partial charge in [0.1, 0.15) is 4.88 Å². The van der Waals surface area contributed by atoms with Gasteiger partial charge in [-0.2, -0.15) is 0 Å². The van der Waals surface area contributed by atoms with Crippen molar-refractivity contribution in [3.05, 3.63) is 11.1 Å². The van der Waals surface area contributed by atoms with Gasteiger partial charge in [-0.25, -0.2) is 0 Å². The summed E-state index contributed by atoms with van der Waals surface area (Å²) in [5, 5.41) is 15.8. The van der Waals surface area contributed by atoms with E-state index in [1.165, 1.54) is 6.20 Å². The number of carbonyl (C=O) groups excluding carboxylic acids is 1. The summed E-state index contributed by atoms with van der Waals surface area (Å²) < 4.78 is 3.69. The quantitative estimate of drug-likeness (QED) is 0.636. The van der Waals surface area contributed by atoms with Crippen molar-refractivity contribution in [1.82, 2.24) is 14.5 Å². The number of hydrogen-bond acceptors (Lipinski definition) is 6. The number of nitrogens with zero attached hydrogens (tertiary/aromatic N) is 4. The number of hydrogen-bond donors (Lipinski definition) is 1. The van der Waals surface area contributed by atoms with Crippen molar-refractivity contribution in [1.29, 1.82) is 0 Å². The number of aromatic nitrogens is 2. The van der Waals surface area contributed by atoms with Crippen LogP contribution in [0, 0.1) is 5.92 Å². The van der Waals surface area contributed by atoms with Crippen LogP contribution in [0.1, 0.15) is 29.4 Å². The molecule has 2 rings (SSSR count). The zero-order valence-electron chi connectivity index (χ0n) is 9.54. The molecule has 1 N–H and O–H groups in total. The molecule has 0 bridgehead atoms. The number of likely N-dealkylation sites (tertiary alicyclic amines) is 1. The zero-order valence-corrected chi connectivity index (χ0v) is 10.4. The SMILES string of the molecule is CCC1CN(C(=O)c2cnns2)CCC1=NO. The van der Waals surface area contributed by atoms with Crippen molar-refractivity contribution >= 4 is 23.2 Å². The lowest BCUT2D eigenvalue weighted by Crippen LogP contribution is -2.43. The van der Waals surface area contributed by atoms with Gasteiger partial charge in [0.2, 0.25) is 0 Å². The number of rotatable bonds is 2. The Bertz CT molecular complexity index is 418. The average molecular weight is 254 g/mol. The summed E-state index contributed by atoms with van der Waals surface area (Å²) in [7, 11) is 0. The molecule has 1 atom stereocenters. The van der Waals surface area contributed by atoms with Crippen molar-refractivity contribution in [3.63, 3.8) is 0 Å². The van der Waals surface area contributed by atoms with E-state index in [0.29, 0.717) is 24.4 Å². The Balaban J connectivity index is 2.07. The molecule has 0 saturated carbocycles. The Labute approximate surface area is 103 Å². The van der Waals surface area contributed by atoms with E-state index in [-0.39, 0.29) is 11.8 Å². The summed E-state index contributed by atoms with van der Waals surface area (Å²) in [6.45, 7) is 3.22. The van der Waals surface area contributed by atoms with Crippen LogP contribution in [0.2, 0.25) is 0 Å². The molecule has 0 radical (unpaired) electrons. The Morgan fingerprint density at radius 1 is 1.76 bits per heavy atom. The second kappa shape index (κ2) is 5.22. The number of amides is 1. The molecule has 17 heavy (non-hydrogen) atoms. The second-order valence-electron chi connectivity index (χ2n) is 3.98. The molecule has 1 unspecified atom stereocenters. The number of carbonyl (C=O) groups is 1. The van der Waals surface area contributed by atoms with Gasteiger partial charge in [-0.15, -0.1) is 5.10 Å². The monoisotopic (exact) mass is 254 g/mol. The summed E-state index contributed by atoms with van der Waals surface area (Å²) >= 11 is 1.11. The van der Waals surface area contributed by atoms with Gasteiger partial charge in [-0.05, 0) is 18.0 Å². The van der Waals surface area contributed by atoms with Gasteiger partial charge in [0.25, 0.3) is 5.91 Å². The molecule has 1 amide bonds. The smallest absolute Gasteiger partial charge is 0.267 e. The van der Waals surface area contributed by atoms with Crippen molar-refractivity contribution in [2.45, 2.75) is 19.8 Å². The van der Waals surface area contributed by atoms with E-state index in [0.717, 1.165) is 23.7 Å². The van der Waals surface area contributed by atoms with Gasteiger partial charge in [0.15, 0.2) is 0 Å². The molecule has 92 valence electrons. The van der Waals surface area contributed by atoms with E-state index in [1.807, 2.05) is 6.92 Å². The normalized spacial score (nSPS) is 23.0. The van der Waals surface area contributed by atoms with Crippen LogP contribution < -0.4 is 0 Å². The molecule has 1 fully saturated rings. The molecule has 2 heterocycles. The molecule has 0 spiro atoms. The topological polar surface area (TPSA) is 78.7 Å². The molecule has 7 heteroatoms. The molecular weight excluding hydrogens is 240 g/mol. The average Bonchev–Trinajstić information content (AvgIpc) is 2.90. The third-order valence-corrected chi connectivity index (χ3v) is 3.68. The molecule has 6 nitrogen and oxygen atoms in total. The van der Waals surface area contributed by atoms with Gasteiger partial charge in [-0.3, -0.25) is 4.79 Å². The third-order valence-electron chi connectivity index (χ3n) is 3.03. The van der Waals surface area contributed by atoms with Gasteiger partial charge in [0, 0.05) is 25.4 Å². The minimum atomic E-state index is -0.0320. The molecule has 1 aliphatic heterocycles. The van der Waals surface area contributed by atoms with Crippen LogP contribution in [0.15, 0.2) is 11.4 Å². The molecule has 0 aliphatic carbocycles. The first-order valence-corrected chi connectivity index (χ1v) is 6.31. The molecule has 0 aromatic carbocycles. The molecule has 1 saturated heterocycles. The fraction of sp³-hybridized carbons (Fsp3) is 0.600. The number of piperidine rings is 1. The van der Waals surface area contributed by atoms with Crippen LogP contribution in [0.4, 0.5) is 0 Å². The molecule has 1 aromatic rings. The Kier molecular flexibility index (Phi) is 3.68. The Morgan fingerprint density at radius 3 is 3.18 bits per heavy atom. The predicted molar refractivity (Wildman–Crippen MR) is 63.4 cm³/mol. The highest BCUT2D eigenvalue weighted by molar-refractivity contribution is 7.07. The van der Waals surface area contributed by atoms with E-state index in [9.17, 15) is 4.79 Å². The largest absolute Gasteiger partial charge is 0.411 e. The minimum absolute atomic E-state index is 0.0320. The fourth-order valence-corrected chi connectivity index (χ4v) is 2.50. The fourth-order valence-electron chi connectivity index (χ4n) is 2.01. The zero-order chi connectivity index (χ0) is 12.3. The third kappa shape index (κ3) is 2.44. The summed E-state index contributed by atoms with van der Waals surface area (Å²) in [4.78, 5) is 14.4. The van der Waals surface area contributed by atoms with Crippen molar-refractivity contribution in [2.24, 2.45) is 11.1 Å². The Hall–Kier alpha value is -1.50. The van der Waals surface area contributed by atoms with Crippen LogP contribution in [0.5, 0.6) is 0 Å². The lowest BCUT2D eigenvalue weighted by molar-refractivity contribution is 0.0733. The number of oxime groups is 1. The molecule has 1 aromatic heterocycles. The summed E-state index contributed by atoms with van der Waals surface area (Å²) in [5.41, 5.74) is 0.791. The summed E-state index contributed by atoms with van der Waals surface area (Å²) in [6, 6.07) is 0. The summed E-state index contributed by atoms with van der Waals surface area (Å²) in [6.07, 6.45) is 2.99. The maximum Gasteiger partial charge on any atom is 0.267 e. The first kappa shape index (κ1) is 12.0. The second-order valence-corrected chi connectivity index (χ2v) is 4.77. The maximum atomic E-state index is 12.1. The standard InChI is InChI=1S/C10H14N4O2S/c1-2-7-6-14(4-3-8(7)12-16)10(15)9-5-11-13-17-9/h5,7,16H,2-4,6H2,1H3. The minimum Gasteiger partial charge on any atom is -0.411 e. The van der Waals surface area contributed by atoms with Crippen LogP contribution >= 0.6 is 11.5 Å². The van der Waals surface area contributed by atoms with Crippen LogP contribution in [-0.2, 0) is 0 Å². The van der Waals surface area contributed by atoms with Crippen LogP contribution in [0.25, 0.3) is 0 Å². The van der Waals surface area contributed by atoms with Gasteiger partial charge in [0.05, 0.1) is 11.9 Å². The van der Waals surface area contributed by atoms with E-state index in [4.69, 9.17) is 5.21 Å². The molecular formula is C10H14N4O2S. The summed E-state index contributed by atoms with van der Waals surface area (Å²) in [5.74, 6) is 0.119. The van der Waals surface area contributed by atoms with Gasteiger partial charge < -0.3 is 10.1 Å². The lowest BCUT2D eigenvalue weighted by Gasteiger charge is -2.32. The Morgan fingerprint density at radius 2 is 2.59 bits per heavy atom. The van der Waals surface area contributed by atoms with E-state index < -0.39 is 0 Å². The first-order chi connectivity index (χ1) is 8.26. The highest BCUT2D eigenvalue weighted by Crippen LogP contribution is 2.19. The highest BCUT2D eigenvalue weighted by atomic mass is 32.1. The molecule has 1 aliphatic rings. The van der Waals surface area contributed by atoms with E-state index in [2.05, 4.69) is 14.7 Å². The van der Waals surface area contributed by atoms with Crippen molar-refractivity contribution < 1.29 is 10.0 Å². The van der Waals surface area contributed by atoms with Crippen LogP contribution in [-0.4, -0.2) is 44.4 Å². The van der Waals surface area contributed by atoms with Gasteiger partial charge >= 0.3 is 0 Å². The maximum absolute atomic E-state index is 12.1. The highest BCUT2D eigenvalue weighted by Gasteiger charge is 2.28. The van der Waals surface area contributed by atoms with Crippen molar-refractivity contribution in [2.75, 3.05) is 13.1 Å². The van der Waals surface area contributed by atoms with Crippen LogP contribution in [0.3, 0.4) is 0 Å². The van der Waals surface area contributed by atoms with Gasteiger partial charge in [-0.1, -0.05) is 16.6 Å². The lowest BCUT2D eigenvalue weighted by atomic mass is 9.93. The first-order valence-electron chi connectivity index (χ1n) is 5.53. The predicted octanol–water partition coefficient (Wildman–Crippen LogP) is 1.24. The van der Waals surface area contributed by atoms with E-state index in [1.54, 1.807) is 4.90 Å². The van der Waals surface area contributed by atoms with Crippen molar-refractivity contribution in [3.8, 4) is 0 Å². The van der Waals surface area contributed by atoms with E-state index >= 15 is 0 Å².